The minimum absolute atomic E-state index is 0.183. The SMILES string of the molecule is CC(C)(C)NC(=O)Oc1cc(Cl)c(I)cc1[N+](=O)[O-]. The number of nitrogens with one attached hydrogen (secondary N) is 1. The Kier molecular flexibility index (Phi) is 4.97. The maximum atomic E-state index is 11.6. The van der Waals surface area contributed by atoms with Gasteiger partial charge in [-0.2, -0.15) is 0 Å². The quantitative estimate of drug-likeness (QED) is 0.467. The molecule has 1 aromatic carbocycles. The molecule has 104 valence electrons. The van der Waals surface area contributed by atoms with E-state index < -0.39 is 16.6 Å². The van der Waals surface area contributed by atoms with E-state index in [1.807, 2.05) is 22.6 Å². The Bertz CT molecular complexity index is 528. The summed E-state index contributed by atoms with van der Waals surface area (Å²) in [7, 11) is 0. The first kappa shape index (κ1) is 16.0. The van der Waals surface area contributed by atoms with Crippen molar-refractivity contribution in [1.82, 2.24) is 5.32 Å². The van der Waals surface area contributed by atoms with Crippen LogP contribution in [-0.2, 0) is 0 Å². The van der Waals surface area contributed by atoms with E-state index in [4.69, 9.17) is 16.3 Å². The van der Waals surface area contributed by atoms with Gasteiger partial charge in [-0.15, -0.1) is 0 Å². The molecular formula is C11H12ClIN2O4. The molecule has 8 heteroatoms. The lowest BCUT2D eigenvalue weighted by Crippen LogP contribution is -2.42. The van der Waals surface area contributed by atoms with Gasteiger partial charge < -0.3 is 10.1 Å². The van der Waals surface area contributed by atoms with Crippen LogP contribution in [0.1, 0.15) is 20.8 Å². The van der Waals surface area contributed by atoms with Crippen molar-refractivity contribution >= 4 is 46.0 Å². The van der Waals surface area contributed by atoms with E-state index in [1.54, 1.807) is 20.8 Å². The van der Waals surface area contributed by atoms with Crippen molar-refractivity contribution in [3.63, 3.8) is 0 Å². The van der Waals surface area contributed by atoms with Crippen LogP contribution in [0.4, 0.5) is 10.5 Å². The van der Waals surface area contributed by atoms with Crippen molar-refractivity contribution < 1.29 is 14.5 Å². The molecule has 0 saturated heterocycles. The molecule has 0 aliphatic heterocycles. The van der Waals surface area contributed by atoms with E-state index in [1.165, 1.54) is 12.1 Å². The molecule has 0 aliphatic carbocycles. The topological polar surface area (TPSA) is 81.5 Å². The van der Waals surface area contributed by atoms with Gasteiger partial charge in [0.2, 0.25) is 5.75 Å². The molecule has 1 amide bonds. The van der Waals surface area contributed by atoms with Crippen molar-refractivity contribution in [3.8, 4) is 5.75 Å². The van der Waals surface area contributed by atoms with Crippen LogP contribution in [0.2, 0.25) is 5.02 Å². The number of amides is 1. The fourth-order valence-corrected chi connectivity index (χ4v) is 1.78. The van der Waals surface area contributed by atoms with Gasteiger partial charge in [0.15, 0.2) is 0 Å². The number of hydrogen-bond donors (Lipinski definition) is 1. The summed E-state index contributed by atoms with van der Waals surface area (Å²) in [6.07, 6.45) is -0.770. The third kappa shape index (κ3) is 4.83. The molecule has 19 heavy (non-hydrogen) atoms. The molecule has 1 N–H and O–H groups in total. The first-order valence-corrected chi connectivity index (χ1v) is 6.69. The third-order valence-electron chi connectivity index (χ3n) is 1.88. The maximum absolute atomic E-state index is 11.6. The van der Waals surface area contributed by atoms with E-state index >= 15 is 0 Å². The van der Waals surface area contributed by atoms with Gasteiger partial charge in [-0.25, -0.2) is 4.79 Å². The Morgan fingerprint density at radius 1 is 1.47 bits per heavy atom. The van der Waals surface area contributed by atoms with Crippen molar-refractivity contribution in [2.45, 2.75) is 26.3 Å². The standard InChI is InChI=1S/C11H12ClIN2O4/c1-11(2,3)14-10(16)19-9-4-6(12)7(13)5-8(9)15(17)18/h4-5H,1-3H3,(H,14,16). The molecular weight excluding hydrogens is 386 g/mol. The van der Waals surface area contributed by atoms with Gasteiger partial charge in [0.25, 0.3) is 0 Å². The number of benzene rings is 1. The molecule has 1 rings (SSSR count). The monoisotopic (exact) mass is 398 g/mol. The number of hydrogen-bond acceptors (Lipinski definition) is 4. The van der Waals surface area contributed by atoms with Crippen molar-refractivity contribution in [1.29, 1.82) is 0 Å². The van der Waals surface area contributed by atoms with Crippen molar-refractivity contribution in [2.75, 3.05) is 0 Å². The lowest BCUT2D eigenvalue weighted by molar-refractivity contribution is -0.385. The highest BCUT2D eigenvalue weighted by Crippen LogP contribution is 2.33. The second kappa shape index (κ2) is 5.91. The van der Waals surface area contributed by atoms with Crippen LogP contribution in [0.25, 0.3) is 0 Å². The zero-order valence-electron chi connectivity index (χ0n) is 10.5. The molecule has 0 saturated carbocycles. The molecule has 1 aromatic rings. The molecule has 0 unspecified atom stereocenters. The van der Waals surface area contributed by atoms with Crippen LogP contribution < -0.4 is 10.1 Å². The Labute approximate surface area is 128 Å². The van der Waals surface area contributed by atoms with Crippen LogP contribution in [0.5, 0.6) is 5.75 Å². The van der Waals surface area contributed by atoms with Gasteiger partial charge in [-0.3, -0.25) is 10.1 Å². The normalized spacial score (nSPS) is 11.0. The van der Waals surface area contributed by atoms with Crippen LogP contribution in [0.15, 0.2) is 12.1 Å². The predicted molar refractivity (Wildman–Crippen MR) is 79.7 cm³/mol. The highest BCUT2D eigenvalue weighted by Gasteiger charge is 2.22. The number of ether oxygens (including phenoxy) is 1. The van der Waals surface area contributed by atoms with Gasteiger partial charge in [0, 0.05) is 21.2 Å². The van der Waals surface area contributed by atoms with Gasteiger partial charge >= 0.3 is 11.8 Å². The largest absolute Gasteiger partial charge is 0.413 e. The highest BCUT2D eigenvalue weighted by atomic mass is 127. The maximum Gasteiger partial charge on any atom is 0.413 e. The van der Waals surface area contributed by atoms with Gasteiger partial charge in [0.05, 0.1) is 9.95 Å². The van der Waals surface area contributed by atoms with Crippen LogP contribution in [0, 0.1) is 13.7 Å². The fourth-order valence-electron chi connectivity index (χ4n) is 1.17. The Morgan fingerprint density at radius 2 is 2.05 bits per heavy atom. The van der Waals surface area contributed by atoms with Crippen LogP contribution in [-0.4, -0.2) is 16.6 Å². The summed E-state index contributed by atoms with van der Waals surface area (Å²) in [6, 6.07) is 2.51. The van der Waals surface area contributed by atoms with E-state index in [2.05, 4.69) is 5.32 Å². The average molecular weight is 399 g/mol. The number of rotatable bonds is 2. The Morgan fingerprint density at radius 3 is 2.53 bits per heavy atom. The summed E-state index contributed by atoms with van der Waals surface area (Å²) in [5.74, 6) is -0.183. The molecule has 0 atom stereocenters. The predicted octanol–water partition coefficient (Wildman–Crippen LogP) is 3.74. The Hall–Kier alpha value is -1.09. The molecule has 0 radical (unpaired) electrons. The molecule has 0 spiro atoms. The number of nitrogens with zero attached hydrogens (tertiary/aromatic N) is 1. The number of nitro groups is 1. The molecule has 0 fully saturated rings. The highest BCUT2D eigenvalue weighted by molar-refractivity contribution is 14.1. The van der Waals surface area contributed by atoms with Crippen LogP contribution in [0.3, 0.4) is 0 Å². The van der Waals surface area contributed by atoms with E-state index in [9.17, 15) is 14.9 Å². The summed E-state index contributed by atoms with van der Waals surface area (Å²) in [5.41, 5.74) is -0.809. The zero-order valence-corrected chi connectivity index (χ0v) is 13.4. The average Bonchev–Trinajstić information content (AvgIpc) is 2.19. The van der Waals surface area contributed by atoms with Crippen molar-refractivity contribution in [3.05, 3.63) is 30.8 Å². The van der Waals surface area contributed by atoms with Gasteiger partial charge in [-0.05, 0) is 43.4 Å². The summed E-state index contributed by atoms with van der Waals surface area (Å²) >= 11 is 7.73. The second-order valence-corrected chi connectivity index (χ2v) is 6.33. The third-order valence-corrected chi connectivity index (χ3v) is 3.40. The first-order valence-electron chi connectivity index (χ1n) is 5.23. The zero-order chi connectivity index (χ0) is 14.8. The Balaban J connectivity index is 3.03. The van der Waals surface area contributed by atoms with E-state index in [0.29, 0.717) is 3.57 Å². The number of halogens is 2. The summed E-state index contributed by atoms with van der Waals surface area (Å²) in [5, 5.41) is 13.7. The molecule has 0 aliphatic rings. The first-order chi connectivity index (χ1) is 8.60. The smallest absolute Gasteiger partial charge is 0.403 e. The molecule has 0 bridgehead atoms. The number of nitro benzene ring substituents is 1. The van der Waals surface area contributed by atoms with E-state index in [0.717, 1.165) is 0 Å². The van der Waals surface area contributed by atoms with Gasteiger partial charge in [-0.1, -0.05) is 11.6 Å². The molecule has 0 aromatic heterocycles. The summed E-state index contributed by atoms with van der Waals surface area (Å²) < 4.78 is 5.45. The lowest BCUT2D eigenvalue weighted by Gasteiger charge is -2.19. The van der Waals surface area contributed by atoms with Crippen LogP contribution >= 0.6 is 34.2 Å². The summed E-state index contributed by atoms with van der Waals surface area (Å²) in [6.45, 7) is 5.30. The summed E-state index contributed by atoms with van der Waals surface area (Å²) in [4.78, 5) is 21.9. The fraction of sp³-hybridized carbons (Fsp3) is 0.364. The second-order valence-electron chi connectivity index (χ2n) is 4.76. The lowest BCUT2D eigenvalue weighted by atomic mass is 10.1. The van der Waals surface area contributed by atoms with Gasteiger partial charge in [0.1, 0.15) is 0 Å². The molecule has 0 heterocycles. The van der Waals surface area contributed by atoms with E-state index in [-0.39, 0.29) is 16.5 Å². The van der Waals surface area contributed by atoms with Crippen molar-refractivity contribution in [2.24, 2.45) is 0 Å². The minimum Gasteiger partial charge on any atom is -0.403 e. The number of carbonyl (C=O) groups excluding carboxylic acids is 1. The number of carbonyl (C=O) groups is 1. The molecule has 6 nitrogen and oxygen atoms in total. The minimum atomic E-state index is -0.770.